The maximum absolute atomic E-state index is 13.1. The van der Waals surface area contributed by atoms with Crippen LogP contribution in [0, 0.1) is 0 Å². The third-order valence-corrected chi connectivity index (χ3v) is 6.97. The highest BCUT2D eigenvalue weighted by Gasteiger charge is 2.23. The molecule has 30 heavy (non-hydrogen) atoms. The predicted octanol–water partition coefficient (Wildman–Crippen LogP) is 2.57. The lowest BCUT2D eigenvalue weighted by Gasteiger charge is -2.17. The topological polar surface area (TPSA) is 123 Å². The largest absolute Gasteiger partial charge is 0.478 e. The third-order valence-electron chi connectivity index (χ3n) is 5.11. The van der Waals surface area contributed by atoms with Crippen molar-refractivity contribution in [2.45, 2.75) is 11.3 Å². The average Bonchev–Trinajstić information content (AvgIpc) is 3.19. The van der Waals surface area contributed by atoms with Crippen molar-refractivity contribution in [3.63, 3.8) is 0 Å². The quantitative estimate of drug-likeness (QED) is 0.438. The van der Waals surface area contributed by atoms with Crippen LogP contribution in [0.2, 0.25) is 0 Å². The molecule has 4 aromatic rings. The van der Waals surface area contributed by atoms with Crippen LogP contribution >= 0.6 is 0 Å². The second-order valence-corrected chi connectivity index (χ2v) is 9.03. The van der Waals surface area contributed by atoms with Crippen molar-refractivity contribution >= 4 is 37.8 Å². The van der Waals surface area contributed by atoms with E-state index in [1.807, 2.05) is 30.3 Å². The normalized spacial score (nSPS) is 12.1. The van der Waals surface area contributed by atoms with E-state index in [4.69, 9.17) is 0 Å². The summed E-state index contributed by atoms with van der Waals surface area (Å²) < 4.78 is 27.4. The summed E-state index contributed by atoms with van der Waals surface area (Å²) in [5.74, 6) is -1.21. The zero-order valence-corrected chi connectivity index (χ0v) is 16.9. The molecule has 4 rings (SSSR count). The van der Waals surface area contributed by atoms with Crippen molar-refractivity contribution in [2.75, 3.05) is 13.6 Å². The Bertz CT molecular complexity index is 1420. The molecule has 0 bridgehead atoms. The minimum Gasteiger partial charge on any atom is -0.478 e. The van der Waals surface area contributed by atoms with Crippen LogP contribution in [0.3, 0.4) is 0 Å². The molecule has 0 aliphatic heterocycles. The molecule has 0 radical (unpaired) electrons. The molecule has 0 unspecified atom stereocenters. The van der Waals surface area contributed by atoms with Crippen LogP contribution in [-0.2, 0) is 16.4 Å². The van der Waals surface area contributed by atoms with Crippen LogP contribution in [0.15, 0.2) is 64.4 Å². The second-order valence-electron chi connectivity index (χ2n) is 6.98. The molecule has 0 fully saturated rings. The summed E-state index contributed by atoms with van der Waals surface area (Å²) in [7, 11) is -2.31. The van der Waals surface area contributed by atoms with Gasteiger partial charge >= 0.3 is 5.97 Å². The van der Waals surface area contributed by atoms with Crippen molar-refractivity contribution in [2.24, 2.45) is 0 Å². The number of carboxylic acids is 1. The van der Waals surface area contributed by atoms with E-state index in [1.165, 1.54) is 35.7 Å². The summed E-state index contributed by atoms with van der Waals surface area (Å²) >= 11 is 0. The number of hydrogen-bond acceptors (Lipinski definition) is 4. The minimum absolute atomic E-state index is 0.0245. The van der Waals surface area contributed by atoms with Gasteiger partial charge in [0, 0.05) is 36.1 Å². The zero-order chi connectivity index (χ0) is 21.5. The summed E-state index contributed by atoms with van der Waals surface area (Å²) in [6.07, 6.45) is 1.79. The molecule has 0 aliphatic rings. The summed E-state index contributed by atoms with van der Waals surface area (Å²) in [5, 5.41) is 9.99. The Kier molecular flexibility index (Phi) is 4.92. The van der Waals surface area contributed by atoms with Gasteiger partial charge < -0.3 is 15.1 Å². The number of hydrogen-bond donors (Lipinski definition) is 3. The van der Waals surface area contributed by atoms with Gasteiger partial charge in [-0.05, 0) is 30.2 Å². The number of fused-ring (bicyclic) bond motifs is 3. The lowest BCUT2D eigenvalue weighted by molar-refractivity contribution is 0.0699. The first-order chi connectivity index (χ1) is 14.3. The van der Waals surface area contributed by atoms with Gasteiger partial charge in [-0.15, -0.1) is 0 Å². The predicted molar refractivity (Wildman–Crippen MR) is 113 cm³/mol. The fourth-order valence-corrected chi connectivity index (χ4v) is 4.66. The number of pyridine rings is 1. The summed E-state index contributed by atoms with van der Waals surface area (Å²) in [4.78, 5) is 29.2. The number of carboxylic acid groups (broad SMARTS) is 1. The summed E-state index contributed by atoms with van der Waals surface area (Å²) in [5.41, 5.74) is 0.914. The number of H-pyrrole nitrogens is 2. The highest BCUT2D eigenvalue weighted by atomic mass is 32.2. The molecule has 3 N–H and O–H groups in total. The van der Waals surface area contributed by atoms with E-state index in [0.29, 0.717) is 17.3 Å². The lowest BCUT2D eigenvalue weighted by atomic mass is 10.1. The summed E-state index contributed by atoms with van der Waals surface area (Å²) in [6, 6.07) is 13.9. The van der Waals surface area contributed by atoms with E-state index in [9.17, 15) is 23.1 Å². The maximum Gasteiger partial charge on any atom is 0.337 e. The fraction of sp³-hybridized carbons (Fsp3) is 0.143. The molecule has 0 spiro atoms. The molecule has 154 valence electrons. The van der Waals surface area contributed by atoms with Crippen LogP contribution in [0.1, 0.15) is 15.9 Å². The van der Waals surface area contributed by atoms with Crippen molar-refractivity contribution < 1.29 is 18.3 Å². The molecular formula is C21H19N3O5S. The van der Waals surface area contributed by atoms with Gasteiger partial charge in [0.2, 0.25) is 10.0 Å². The van der Waals surface area contributed by atoms with Crippen molar-refractivity contribution in [3.05, 3.63) is 76.2 Å². The van der Waals surface area contributed by atoms with Gasteiger partial charge in [0.1, 0.15) is 5.52 Å². The average molecular weight is 425 g/mol. The number of benzene rings is 2. The standard InChI is InChI=1S/C21H19N3O5S/c1-24(10-9-13-5-3-2-4-6-13)30(28,29)14-7-8-17-15(11-14)18-16(21(26)27)12-22-19(18)20(25)23-17/h2-8,11-12,22H,9-10H2,1H3,(H,23,25)(H,26,27). The van der Waals surface area contributed by atoms with Gasteiger partial charge in [0.05, 0.1) is 10.5 Å². The number of nitrogens with zero attached hydrogens (tertiary/aromatic N) is 1. The van der Waals surface area contributed by atoms with Gasteiger partial charge in [-0.3, -0.25) is 4.79 Å². The van der Waals surface area contributed by atoms with Gasteiger partial charge in [0.25, 0.3) is 5.56 Å². The minimum atomic E-state index is -3.81. The number of rotatable bonds is 6. The van der Waals surface area contributed by atoms with E-state index in [0.717, 1.165) is 5.56 Å². The number of likely N-dealkylation sites (N-methyl/N-ethyl adjacent to an activating group) is 1. The van der Waals surface area contributed by atoms with Gasteiger partial charge in [-0.25, -0.2) is 17.5 Å². The fourth-order valence-electron chi connectivity index (χ4n) is 3.47. The molecule has 0 atom stereocenters. The van der Waals surface area contributed by atoms with Gasteiger partial charge in [-0.1, -0.05) is 30.3 Å². The second kappa shape index (κ2) is 7.43. The molecule has 2 aromatic carbocycles. The monoisotopic (exact) mass is 425 g/mol. The Morgan fingerprint density at radius 2 is 1.87 bits per heavy atom. The van der Waals surface area contributed by atoms with Crippen molar-refractivity contribution in [1.82, 2.24) is 14.3 Å². The molecule has 0 aliphatic carbocycles. The maximum atomic E-state index is 13.1. The molecule has 0 saturated carbocycles. The third kappa shape index (κ3) is 3.38. The number of nitrogens with one attached hydrogen (secondary N) is 2. The number of aromatic nitrogens is 2. The van der Waals surface area contributed by atoms with Crippen molar-refractivity contribution in [3.8, 4) is 0 Å². The molecule has 0 amide bonds. The van der Waals surface area contributed by atoms with Gasteiger partial charge in [-0.2, -0.15) is 0 Å². The zero-order valence-electron chi connectivity index (χ0n) is 16.0. The van der Waals surface area contributed by atoms with Crippen LogP contribution in [0.4, 0.5) is 0 Å². The smallest absolute Gasteiger partial charge is 0.337 e. The van der Waals surface area contributed by atoms with Crippen LogP contribution in [0.5, 0.6) is 0 Å². The Morgan fingerprint density at radius 1 is 1.13 bits per heavy atom. The summed E-state index contributed by atoms with van der Waals surface area (Å²) in [6.45, 7) is 0.288. The number of carbonyl (C=O) groups is 1. The van der Waals surface area contributed by atoms with Crippen LogP contribution in [-0.4, -0.2) is 47.4 Å². The van der Waals surface area contributed by atoms with Gasteiger partial charge in [0.15, 0.2) is 0 Å². The van der Waals surface area contributed by atoms with E-state index in [2.05, 4.69) is 9.97 Å². The first-order valence-corrected chi connectivity index (χ1v) is 10.6. The molecule has 0 saturated heterocycles. The van der Waals surface area contributed by atoms with E-state index in [-0.39, 0.29) is 27.9 Å². The lowest BCUT2D eigenvalue weighted by Crippen LogP contribution is -2.29. The molecule has 2 aromatic heterocycles. The van der Waals surface area contributed by atoms with E-state index < -0.39 is 21.6 Å². The van der Waals surface area contributed by atoms with Crippen LogP contribution in [0.25, 0.3) is 21.8 Å². The number of aromatic carboxylic acids is 1. The highest BCUT2D eigenvalue weighted by molar-refractivity contribution is 7.89. The molecule has 9 heteroatoms. The molecule has 8 nitrogen and oxygen atoms in total. The Morgan fingerprint density at radius 3 is 2.57 bits per heavy atom. The number of sulfonamides is 1. The van der Waals surface area contributed by atoms with Crippen molar-refractivity contribution in [1.29, 1.82) is 0 Å². The molecule has 2 heterocycles. The first kappa shape index (κ1) is 19.9. The Hall–Kier alpha value is -3.43. The first-order valence-electron chi connectivity index (χ1n) is 9.19. The Balaban J connectivity index is 1.77. The molecular weight excluding hydrogens is 406 g/mol. The SMILES string of the molecule is CN(CCc1ccccc1)S(=O)(=O)c1ccc2[nH]c(=O)c3[nH]cc(C(=O)O)c3c2c1. The van der Waals surface area contributed by atoms with E-state index in [1.54, 1.807) is 0 Å². The van der Waals surface area contributed by atoms with Crippen LogP contribution < -0.4 is 5.56 Å². The van der Waals surface area contributed by atoms with E-state index >= 15 is 0 Å². The highest BCUT2D eigenvalue weighted by Crippen LogP contribution is 2.28. The number of aromatic amines is 2. The Labute approximate surface area is 171 Å².